The Kier molecular flexibility index (Phi) is 13.3. The van der Waals surface area contributed by atoms with Gasteiger partial charge in [0.2, 0.25) is 5.91 Å². The molecular formula is C43H41FN4O5S2. The number of carbonyl (C=O) groups is 4. The van der Waals surface area contributed by atoms with Crippen molar-refractivity contribution in [1.29, 1.82) is 0 Å². The first-order valence-electron chi connectivity index (χ1n) is 18.0. The molecule has 0 bridgehead atoms. The van der Waals surface area contributed by atoms with Gasteiger partial charge in [-0.2, -0.15) is 0 Å². The van der Waals surface area contributed by atoms with E-state index in [1.54, 1.807) is 55.5 Å². The Morgan fingerprint density at radius 3 is 2.35 bits per heavy atom. The lowest BCUT2D eigenvalue weighted by molar-refractivity contribution is -0.116. The molecule has 6 rings (SSSR count). The number of rotatable bonds is 14. The summed E-state index contributed by atoms with van der Waals surface area (Å²) in [5, 5.41) is 8.57. The molecule has 3 N–H and O–H groups in total. The van der Waals surface area contributed by atoms with Crippen molar-refractivity contribution >= 4 is 63.6 Å². The predicted molar refractivity (Wildman–Crippen MR) is 216 cm³/mol. The number of thiophene rings is 1. The second-order valence-corrected chi connectivity index (χ2v) is 15.2. The van der Waals surface area contributed by atoms with Gasteiger partial charge in [0, 0.05) is 40.7 Å². The van der Waals surface area contributed by atoms with Gasteiger partial charge >= 0.3 is 5.97 Å². The molecule has 0 radical (unpaired) electrons. The molecule has 1 unspecified atom stereocenters. The number of fused-ring (bicyclic) bond motifs is 1. The van der Waals surface area contributed by atoms with E-state index in [2.05, 4.69) is 33.0 Å². The van der Waals surface area contributed by atoms with Gasteiger partial charge in [0.25, 0.3) is 11.8 Å². The average molecular weight is 777 g/mol. The quantitative estimate of drug-likeness (QED) is 0.0588. The largest absolute Gasteiger partial charge is 0.462 e. The highest BCUT2D eigenvalue weighted by atomic mass is 32.2. The Morgan fingerprint density at radius 2 is 1.64 bits per heavy atom. The van der Waals surface area contributed by atoms with Gasteiger partial charge in [-0.3, -0.25) is 19.3 Å². The van der Waals surface area contributed by atoms with Crippen LogP contribution < -0.4 is 16.0 Å². The maximum absolute atomic E-state index is 13.8. The molecule has 0 spiro atoms. The van der Waals surface area contributed by atoms with E-state index in [0.717, 1.165) is 28.4 Å². The number of amides is 3. The van der Waals surface area contributed by atoms with Crippen molar-refractivity contribution in [2.75, 3.05) is 23.8 Å². The van der Waals surface area contributed by atoms with Gasteiger partial charge in [-0.25, -0.2) is 9.18 Å². The summed E-state index contributed by atoms with van der Waals surface area (Å²) in [7, 11) is 0. The summed E-state index contributed by atoms with van der Waals surface area (Å²) >= 11 is 2.76. The molecule has 0 aliphatic carbocycles. The van der Waals surface area contributed by atoms with E-state index in [-0.39, 0.29) is 18.2 Å². The molecule has 4 aromatic carbocycles. The van der Waals surface area contributed by atoms with E-state index in [1.807, 2.05) is 31.2 Å². The van der Waals surface area contributed by atoms with Crippen molar-refractivity contribution < 1.29 is 28.3 Å². The number of thioether (sulfide) groups is 1. The van der Waals surface area contributed by atoms with Crippen molar-refractivity contribution in [2.24, 2.45) is 0 Å². The van der Waals surface area contributed by atoms with Gasteiger partial charge in [0.15, 0.2) is 0 Å². The molecule has 3 amide bonds. The minimum Gasteiger partial charge on any atom is -0.462 e. The topological polar surface area (TPSA) is 117 Å². The number of halogens is 1. The van der Waals surface area contributed by atoms with E-state index in [0.29, 0.717) is 46.8 Å². The van der Waals surface area contributed by atoms with Crippen LogP contribution in [0.15, 0.2) is 120 Å². The normalized spacial score (nSPS) is 13.3. The summed E-state index contributed by atoms with van der Waals surface area (Å²) in [5.41, 5.74) is 3.86. The monoisotopic (exact) mass is 776 g/mol. The zero-order chi connectivity index (χ0) is 38.7. The van der Waals surface area contributed by atoms with Gasteiger partial charge in [-0.1, -0.05) is 73.7 Å². The Morgan fingerprint density at radius 1 is 0.909 bits per heavy atom. The number of hydrogen-bond acceptors (Lipinski definition) is 8. The van der Waals surface area contributed by atoms with E-state index in [9.17, 15) is 23.6 Å². The van der Waals surface area contributed by atoms with Crippen LogP contribution in [0.4, 0.5) is 15.1 Å². The second kappa shape index (κ2) is 18.7. The number of carbonyl (C=O) groups excluding carboxylic acids is 4. The molecule has 5 aromatic rings. The van der Waals surface area contributed by atoms with Gasteiger partial charge in [-0.05, 0) is 85.0 Å². The smallest absolute Gasteiger partial charge is 0.341 e. The van der Waals surface area contributed by atoms with Crippen molar-refractivity contribution in [1.82, 2.24) is 10.2 Å². The van der Waals surface area contributed by atoms with E-state index in [1.165, 1.54) is 59.0 Å². The number of nitrogens with one attached hydrogen (secondary N) is 3. The minimum atomic E-state index is -0.587. The molecule has 1 atom stereocenters. The second-order valence-electron chi connectivity index (χ2n) is 12.8. The lowest BCUT2D eigenvalue weighted by Gasteiger charge is -2.27. The predicted octanol–water partition coefficient (Wildman–Crippen LogP) is 8.54. The Balaban J connectivity index is 1.16. The molecule has 282 valence electrons. The molecule has 0 saturated carbocycles. The molecule has 2 heterocycles. The first-order valence-corrected chi connectivity index (χ1v) is 19.7. The van der Waals surface area contributed by atoms with Crippen LogP contribution in [-0.2, 0) is 33.8 Å². The maximum atomic E-state index is 13.8. The third-order valence-electron chi connectivity index (χ3n) is 8.84. The number of benzene rings is 4. The summed E-state index contributed by atoms with van der Waals surface area (Å²) in [4.78, 5) is 57.8. The van der Waals surface area contributed by atoms with E-state index in [4.69, 9.17) is 4.74 Å². The standard InChI is InChI=1S/C43H41FN4O5S2/c1-3-36(41(51)47-42-38(43(52)53-4-2)34-22-23-48(27-37(34)55-42)26-29-12-7-5-8-13-29)54-33-17-11-16-32(25-33)45-40(50)35(24-28-18-20-31(44)21-19-28)46-39(49)30-14-9-6-10-15-30/h5-21,24-25,36H,3-4,22-23,26-27H2,1-2H3,(H,45,50)(H,46,49)(H,47,51)/b35-24-. The number of anilines is 2. The van der Waals surface area contributed by atoms with E-state index >= 15 is 0 Å². The van der Waals surface area contributed by atoms with Crippen molar-refractivity contribution in [3.63, 3.8) is 0 Å². The summed E-state index contributed by atoms with van der Waals surface area (Å²) in [5.74, 6) is -2.18. The van der Waals surface area contributed by atoms with Crippen molar-refractivity contribution in [2.45, 2.75) is 49.9 Å². The number of nitrogens with zero attached hydrogens (tertiary/aromatic N) is 1. The summed E-state index contributed by atoms with van der Waals surface area (Å²) in [6.45, 7) is 6.13. The van der Waals surface area contributed by atoms with Crippen LogP contribution in [0.25, 0.3) is 6.08 Å². The molecule has 0 saturated heterocycles. The number of hydrogen-bond donors (Lipinski definition) is 3. The Hall–Kier alpha value is -5.56. The zero-order valence-corrected chi connectivity index (χ0v) is 32.1. The molecule has 0 fully saturated rings. The number of esters is 1. The maximum Gasteiger partial charge on any atom is 0.341 e. The highest BCUT2D eigenvalue weighted by molar-refractivity contribution is 8.00. The van der Waals surface area contributed by atoms with Crippen LogP contribution >= 0.6 is 23.1 Å². The summed E-state index contributed by atoms with van der Waals surface area (Å²) < 4.78 is 19.0. The SMILES string of the molecule is CCOC(=O)c1c(NC(=O)C(CC)Sc2cccc(NC(=O)/C(=C/c3ccc(F)cc3)NC(=O)c3ccccc3)c2)sc2c1CCN(Cc1ccccc1)C2. The van der Waals surface area contributed by atoms with Crippen molar-refractivity contribution in [3.05, 3.63) is 153 Å². The van der Waals surface area contributed by atoms with Crippen LogP contribution in [0, 0.1) is 5.82 Å². The van der Waals surface area contributed by atoms with Crippen LogP contribution in [-0.4, -0.2) is 47.0 Å². The highest BCUT2D eigenvalue weighted by Crippen LogP contribution is 2.39. The van der Waals surface area contributed by atoms with Crippen LogP contribution in [0.1, 0.15) is 62.6 Å². The first-order chi connectivity index (χ1) is 26.7. The van der Waals surface area contributed by atoms with Gasteiger partial charge in [0.1, 0.15) is 16.5 Å². The highest BCUT2D eigenvalue weighted by Gasteiger charge is 2.31. The minimum absolute atomic E-state index is 0.0384. The third-order valence-corrected chi connectivity index (χ3v) is 11.3. The lowest BCUT2D eigenvalue weighted by atomic mass is 10.0. The summed E-state index contributed by atoms with van der Waals surface area (Å²) in [6, 6.07) is 31.4. The van der Waals surface area contributed by atoms with Gasteiger partial charge < -0.3 is 20.7 Å². The van der Waals surface area contributed by atoms with Crippen LogP contribution in [0.2, 0.25) is 0 Å². The third kappa shape index (κ3) is 10.4. The molecule has 9 nitrogen and oxygen atoms in total. The number of ether oxygens (including phenoxy) is 1. The molecule has 1 aromatic heterocycles. The van der Waals surface area contributed by atoms with Crippen LogP contribution in [0.5, 0.6) is 0 Å². The lowest BCUT2D eigenvalue weighted by Crippen LogP contribution is -2.30. The Bertz CT molecular complexity index is 2170. The van der Waals surface area contributed by atoms with Gasteiger partial charge in [0.05, 0.1) is 17.4 Å². The first kappa shape index (κ1) is 39.1. The molecule has 1 aliphatic rings. The molecule has 1 aliphatic heterocycles. The van der Waals surface area contributed by atoms with E-state index < -0.39 is 28.9 Å². The van der Waals surface area contributed by atoms with Crippen LogP contribution in [0.3, 0.4) is 0 Å². The molecule has 55 heavy (non-hydrogen) atoms. The Labute approximate surface area is 328 Å². The van der Waals surface area contributed by atoms with Gasteiger partial charge in [-0.15, -0.1) is 23.1 Å². The average Bonchev–Trinajstić information content (AvgIpc) is 3.55. The fraction of sp³-hybridized carbons (Fsp3) is 0.209. The fourth-order valence-electron chi connectivity index (χ4n) is 6.13. The molecule has 12 heteroatoms. The zero-order valence-electron chi connectivity index (χ0n) is 30.5. The summed E-state index contributed by atoms with van der Waals surface area (Å²) in [6.07, 6.45) is 2.64. The fourth-order valence-corrected chi connectivity index (χ4v) is 8.43. The van der Waals surface area contributed by atoms with Crippen molar-refractivity contribution in [3.8, 4) is 0 Å². The molecular weight excluding hydrogens is 736 g/mol.